The minimum atomic E-state index is -0.817. The standard InChI is InChI=1S/C18H17N3O7/c1-2-3-8-28-18(23)12-4-6-14(7-5-12)19-17(22)13-9-15(20(24)25)11-16(10-13)21(26)27/h4-7,9-11H,2-3,8H2,1H3,(H,19,22). The number of carbonyl (C=O) groups is 2. The number of unbranched alkanes of at least 4 members (excludes halogenated alkanes) is 1. The number of benzene rings is 2. The van der Waals surface area contributed by atoms with Crippen molar-refractivity contribution in [2.45, 2.75) is 19.8 Å². The maximum atomic E-state index is 12.3. The highest BCUT2D eigenvalue weighted by Crippen LogP contribution is 2.23. The summed E-state index contributed by atoms with van der Waals surface area (Å²) in [5.74, 6) is -1.24. The van der Waals surface area contributed by atoms with Crippen molar-refractivity contribution in [1.82, 2.24) is 0 Å². The molecule has 0 aliphatic rings. The van der Waals surface area contributed by atoms with E-state index < -0.39 is 33.1 Å². The van der Waals surface area contributed by atoms with Crippen LogP contribution in [0.5, 0.6) is 0 Å². The molecule has 0 spiro atoms. The molecule has 28 heavy (non-hydrogen) atoms. The number of nitrogens with zero attached hydrogens (tertiary/aromatic N) is 2. The summed E-state index contributed by atoms with van der Waals surface area (Å²) < 4.78 is 5.08. The van der Waals surface area contributed by atoms with E-state index in [0.29, 0.717) is 17.9 Å². The third-order valence-electron chi connectivity index (χ3n) is 3.70. The summed E-state index contributed by atoms with van der Waals surface area (Å²) in [4.78, 5) is 44.3. The van der Waals surface area contributed by atoms with E-state index >= 15 is 0 Å². The zero-order valence-corrected chi connectivity index (χ0v) is 14.9. The van der Waals surface area contributed by atoms with Gasteiger partial charge in [0.15, 0.2) is 0 Å². The van der Waals surface area contributed by atoms with E-state index in [4.69, 9.17) is 4.74 Å². The molecule has 0 aromatic heterocycles. The van der Waals surface area contributed by atoms with Crippen molar-refractivity contribution < 1.29 is 24.2 Å². The number of hydrogen-bond acceptors (Lipinski definition) is 7. The number of rotatable bonds is 8. The molecule has 1 amide bonds. The molecule has 0 atom stereocenters. The van der Waals surface area contributed by atoms with Crippen molar-refractivity contribution >= 4 is 28.9 Å². The molecule has 0 saturated carbocycles. The van der Waals surface area contributed by atoms with Crippen molar-refractivity contribution in [2.24, 2.45) is 0 Å². The second-order valence-electron chi connectivity index (χ2n) is 5.77. The number of anilines is 1. The smallest absolute Gasteiger partial charge is 0.338 e. The van der Waals surface area contributed by atoms with Gasteiger partial charge in [-0.15, -0.1) is 0 Å². The number of non-ortho nitro benzene ring substituents is 2. The molecular weight excluding hydrogens is 370 g/mol. The van der Waals surface area contributed by atoms with Gasteiger partial charge < -0.3 is 10.1 Å². The molecule has 0 radical (unpaired) electrons. The summed E-state index contributed by atoms with van der Waals surface area (Å²) in [6.45, 7) is 2.29. The lowest BCUT2D eigenvalue weighted by molar-refractivity contribution is -0.394. The Morgan fingerprint density at radius 1 is 0.964 bits per heavy atom. The number of ether oxygens (including phenoxy) is 1. The third-order valence-corrected chi connectivity index (χ3v) is 3.70. The van der Waals surface area contributed by atoms with Crippen LogP contribution in [0.3, 0.4) is 0 Å². The first kappa shape index (κ1) is 20.5. The molecule has 0 saturated heterocycles. The number of carbonyl (C=O) groups excluding carboxylic acids is 2. The molecule has 2 aromatic rings. The van der Waals surface area contributed by atoms with E-state index in [9.17, 15) is 29.8 Å². The fourth-order valence-electron chi connectivity index (χ4n) is 2.22. The summed E-state index contributed by atoms with van der Waals surface area (Å²) in [6.07, 6.45) is 1.66. The van der Waals surface area contributed by atoms with Gasteiger partial charge in [0.05, 0.1) is 33.6 Å². The second kappa shape index (κ2) is 9.21. The highest BCUT2D eigenvalue weighted by Gasteiger charge is 2.20. The predicted molar refractivity (Wildman–Crippen MR) is 99.3 cm³/mol. The van der Waals surface area contributed by atoms with Crippen LogP contribution in [0.2, 0.25) is 0 Å². The molecule has 146 valence electrons. The van der Waals surface area contributed by atoms with Gasteiger partial charge >= 0.3 is 5.97 Å². The number of hydrogen-bond donors (Lipinski definition) is 1. The molecule has 2 rings (SSSR count). The van der Waals surface area contributed by atoms with E-state index in [2.05, 4.69) is 5.32 Å². The lowest BCUT2D eigenvalue weighted by Gasteiger charge is -2.07. The van der Waals surface area contributed by atoms with Crippen LogP contribution in [0.1, 0.15) is 40.5 Å². The van der Waals surface area contributed by atoms with E-state index in [-0.39, 0.29) is 5.56 Å². The van der Waals surface area contributed by atoms with Crippen LogP contribution in [0.25, 0.3) is 0 Å². The fourth-order valence-corrected chi connectivity index (χ4v) is 2.22. The van der Waals surface area contributed by atoms with Crippen molar-refractivity contribution in [2.75, 3.05) is 11.9 Å². The van der Waals surface area contributed by atoms with Crippen LogP contribution in [-0.2, 0) is 4.74 Å². The van der Waals surface area contributed by atoms with Crippen molar-refractivity contribution in [3.05, 3.63) is 73.8 Å². The minimum absolute atomic E-state index is 0.232. The van der Waals surface area contributed by atoms with Crippen molar-refractivity contribution in [1.29, 1.82) is 0 Å². The summed E-state index contributed by atoms with van der Waals surface area (Å²) in [7, 11) is 0. The summed E-state index contributed by atoms with van der Waals surface area (Å²) >= 11 is 0. The Hall–Kier alpha value is -3.82. The minimum Gasteiger partial charge on any atom is -0.462 e. The highest BCUT2D eigenvalue weighted by atomic mass is 16.6. The lowest BCUT2D eigenvalue weighted by Crippen LogP contribution is -2.13. The Morgan fingerprint density at radius 3 is 2.04 bits per heavy atom. The molecule has 10 nitrogen and oxygen atoms in total. The Bertz CT molecular complexity index is 878. The van der Waals surface area contributed by atoms with Gasteiger partial charge in [-0.3, -0.25) is 25.0 Å². The normalized spacial score (nSPS) is 10.2. The third kappa shape index (κ3) is 5.34. The number of nitrogens with one attached hydrogen (secondary N) is 1. The largest absolute Gasteiger partial charge is 0.462 e. The van der Waals surface area contributed by atoms with Gasteiger partial charge in [-0.1, -0.05) is 13.3 Å². The van der Waals surface area contributed by atoms with E-state index in [1.165, 1.54) is 24.3 Å². The number of nitro benzene ring substituents is 2. The Kier molecular flexibility index (Phi) is 6.74. The van der Waals surface area contributed by atoms with Gasteiger partial charge in [0.25, 0.3) is 17.3 Å². The molecule has 0 aliphatic carbocycles. The Balaban J connectivity index is 2.13. The molecule has 0 unspecified atom stereocenters. The first-order chi connectivity index (χ1) is 13.3. The molecular formula is C18H17N3O7. The quantitative estimate of drug-likeness (QED) is 0.315. The molecule has 0 aliphatic heterocycles. The highest BCUT2D eigenvalue weighted by molar-refractivity contribution is 6.05. The van der Waals surface area contributed by atoms with Gasteiger partial charge in [-0.2, -0.15) is 0 Å². The monoisotopic (exact) mass is 387 g/mol. The van der Waals surface area contributed by atoms with E-state index in [1.807, 2.05) is 6.92 Å². The van der Waals surface area contributed by atoms with Crippen LogP contribution in [0.4, 0.5) is 17.1 Å². The van der Waals surface area contributed by atoms with Crippen molar-refractivity contribution in [3.8, 4) is 0 Å². The zero-order chi connectivity index (χ0) is 20.7. The summed E-state index contributed by atoms with van der Waals surface area (Å²) in [5.41, 5.74) is -0.748. The zero-order valence-electron chi connectivity index (χ0n) is 14.9. The van der Waals surface area contributed by atoms with Crippen LogP contribution in [-0.4, -0.2) is 28.3 Å². The molecule has 0 bridgehead atoms. The maximum Gasteiger partial charge on any atom is 0.338 e. The predicted octanol–water partition coefficient (Wildman–Crippen LogP) is 3.71. The van der Waals surface area contributed by atoms with Gasteiger partial charge in [-0.05, 0) is 30.7 Å². The summed E-state index contributed by atoms with van der Waals surface area (Å²) in [5, 5.41) is 24.3. The molecule has 2 aromatic carbocycles. The Morgan fingerprint density at radius 2 is 1.54 bits per heavy atom. The average molecular weight is 387 g/mol. The second-order valence-corrected chi connectivity index (χ2v) is 5.77. The summed E-state index contributed by atoms with van der Waals surface area (Å²) in [6, 6.07) is 8.50. The number of nitro groups is 2. The topological polar surface area (TPSA) is 142 Å². The van der Waals surface area contributed by atoms with Gasteiger partial charge in [0.1, 0.15) is 0 Å². The maximum absolute atomic E-state index is 12.3. The number of esters is 1. The molecule has 0 fully saturated rings. The van der Waals surface area contributed by atoms with Crippen LogP contribution in [0, 0.1) is 20.2 Å². The van der Waals surface area contributed by atoms with Crippen LogP contribution in [0.15, 0.2) is 42.5 Å². The fraction of sp³-hybridized carbons (Fsp3) is 0.222. The van der Waals surface area contributed by atoms with E-state index in [0.717, 1.165) is 31.0 Å². The van der Waals surface area contributed by atoms with Gasteiger partial charge in [0.2, 0.25) is 0 Å². The number of amides is 1. The Labute approximate surface area is 159 Å². The lowest BCUT2D eigenvalue weighted by atomic mass is 10.1. The first-order valence-electron chi connectivity index (χ1n) is 8.34. The molecule has 0 heterocycles. The average Bonchev–Trinajstić information content (AvgIpc) is 2.68. The SMILES string of the molecule is CCCCOC(=O)c1ccc(NC(=O)c2cc([N+](=O)[O-])cc([N+](=O)[O-])c2)cc1. The van der Waals surface area contributed by atoms with E-state index in [1.54, 1.807) is 0 Å². The van der Waals surface area contributed by atoms with Gasteiger partial charge in [-0.25, -0.2) is 4.79 Å². The molecule has 1 N–H and O–H groups in total. The molecule has 10 heteroatoms. The van der Waals surface area contributed by atoms with Crippen LogP contribution < -0.4 is 5.32 Å². The van der Waals surface area contributed by atoms with Gasteiger partial charge in [0, 0.05) is 17.8 Å². The van der Waals surface area contributed by atoms with Crippen molar-refractivity contribution in [3.63, 3.8) is 0 Å². The first-order valence-corrected chi connectivity index (χ1v) is 8.34. The van der Waals surface area contributed by atoms with Crippen LogP contribution >= 0.6 is 0 Å².